The van der Waals surface area contributed by atoms with Gasteiger partial charge in [-0.1, -0.05) is 36.4 Å². The van der Waals surface area contributed by atoms with E-state index in [0.29, 0.717) is 18.0 Å². The van der Waals surface area contributed by atoms with Crippen molar-refractivity contribution in [2.75, 3.05) is 19.4 Å². The summed E-state index contributed by atoms with van der Waals surface area (Å²) in [6.45, 7) is 0.684. The van der Waals surface area contributed by atoms with Crippen LogP contribution in [0.4, 0.5) is 0 Å². The Morgan fingerprint density at radius 2 is 2.04 bits per heavy atom. The van der Waals surface area contributed by atoms with Gasteiger partial charge >= 0.3 is 0 Å². The Hall–Kier alpha value is -2.14. The molecule has 0 spiro atoms. The standard InChI is InChI=1S/C18H19NO3S/c1-22-16-11-14(7-8-15(16)20)18-19(17(21)12-23-18)10-9-13-5-3-2-4-6-13/h2-8,11,18,20H,9-10,12H2,1H3. The second-order valence-corrected chi connectivity index (χ2v) is 6.49. The summed E-state index contributed by atoms with van der Waals surface area (Å²) >= 11 is 1.61. The highest BCUT2D eigenvalue weighted by Crippen LogP contribution is 2.41. The van der Waals surface area contributed by atoms with Crippen LogP contribution in [-0.4, -0.2) is 35.3 Å². The first-order chi connectivity index (χ1) is 11.2. The number of aromatic hydroxyl groups is 1. The summed E-state index contributed by atoms with van der Waals surface area (Å²) in [5.41, 5.74) is 2.20. The van der Waals surface area contributed by atoms with Gasteiger partial charge in [-0.25, -0.2) is 0 Å². The van der Waals surface area contributed by atoms with Crippen LogP contribution in [0, 0.1) is 0 Å². The number of hydrogen-bond donors (Lipinski definition) is 1. The first kappa shape index (κ1) is 15.7. The van der Waals surface area contributed by atoms with Gasteiger partial charge in [0.05, 0.1) is 12.9 Å². The SMILES string of the molecule is COc1cc(C2SCC(=O)N2CCc2ccccc2)ccc1O. The highest BCUT2D eigenvalue weighted by Gasteiger charge is 2.32. The van der Waals surface area contributed by atoms with Crippen LogP contribution < -0.4 is 4.74 Å². The van der Waals surface area contributed by atoms with E-state index in [1.807, 2.05) is 29.2 Å². The van der Waals surface area contributed by atoms with Crippen LogP contribution in [0.2, 0.25) is 0 Å². The molecule has 1 aliphatic heterocycles. The van der Waals surface area contributed by atoms with Gasteiger partial charge in [0, 0.05) is 6.54 Å². The van der Waals surface area contributed by atoms with Gasteiger partial charge in [0.2, 0.25) is 5.91 Å². The van der Waals surface area contributed by atoms with Crippen molar-refractivity contribution in [3.05, 3.63) is 59.7 Å². The predicted octanol–water partition coefficient (Wildman–Crippen LogP) is 3.22. The third-order valence-corrected chi connectivity index (χ3v) is 5.20. The van der Waals surface area contributed by atoms with Gasteiger partial charge in [0.15, 0.2) is 11.5 Å². The van der Waals surface area contributed by atoms with Crippen LogP contribution in [0.3, 0.4) is 0 Å². The molecule has 1 atom stereocenters. The first-order valence-corrected chi connectivity index (χ1v) is 8.56. The number of amides is 1. The van der Waals surface area contributed by atoms with Gasteiger partial charge < -0.3 is 14.7 Å². The van der Waals surface area contributed by atoms with E-state index in [-0.39, 0.29) is 17.0 Å². The summed E-state index contributed by atoms with van der Waals surface area (Å²) in [5, 5.41) is 9.71. The average Bonchev–Trinajstić information content (AvgIpc) is 2.95. The van der Waals surface area contributed by atoms with E-state index in [9.17, 15) is 9.90 Å². The number of thioether (sulfide) groups is 1. The molecule has 120 valence electrons. The Bertz CT molecular complexity index is 690. The maximum atomic E-state index is 12.2. The number of phenolic OH excluding ortho intramolecular Hbond substituents is 1. The average molecular weight is 329 g/mol. The number of benzene rings is 2. The molecule has 0 aliphatic carbocycles. The molecule has 3 rings (SSSR count). The molecule has 1 fully saturated rings. The lowest BCUT2D eigenvalue weighted by Crippen LogP contribution is -2.30. The molecule has 2 aromatic rings. The molecular formula is C18H19NO3S. The molecule has 5 heteroatoms. The number of rotatable bonds is 5. The number of carbonyl (C=O) groups is 1. The maximum Gasteiger partial charge on any atom is 0.233 e. The zero-order valence-corrected chi connectivity index (χ0v) is 13.8. The van der Waals surface area contributed by atoms with E-state index in [1.165, 1.54) is 12.7 Å². The predicted molar refractivity (Wildman–Crippen MR) is 91.7 cm³/mol. The molecule has 1 unspecified atom stereocenters. The first-order valence-electron chi connectivity index (χ1n) is 7.51. The van der Waals surface area contributed by atoms with Gasteiger partial charge in [0.1, 0.15) is 5.37 Å². The Labute approximate surface area is 140 Å². The molecule has 2 aromatic carbocycles. The third-order valence-electron chi connectivity index (χ3n) is 3.94. The highest BCUT2D eigenvalue weighted by molar-refractivity contribution is 8.00. The minimum atomic E-state index is -0.0271. The van der Waals surface area contributed by atoms with Crippen molar-refractivity contribution < 1.29 is 14.6 Å². The fraction of sp³-hybridized carbons (Fsp3) is 0.278. The number of carbonyl (C=O) groups excluding carboxylic acids is 1. The number of phenols is 1. The van der Waals surface area contributed by atoms with Crippen molar-refractivity contribution in [2.24, 2.45) is 0 Å². The fourth-order valence-electron chi connectivity index (χ4n) is 2.71. The molecule has 0 aromatic heterocycles. The minimum Gasteiger partial charge on any atom is -0.504 e. The topological polar surface area (TPSA) is 49.8 Å². The number of hydrogen-bond acceptors (Lipinski definition) is 4. The van der Waals surface area contributed by atoms with E-state index in [1.54, 1.807) is 23.9 Å². The van der Waals surface area contributed by atoms with E-state index < -0.39 is 0 Å². The van der Waals surface area contributed by atoms with Crippen molar-refractivity contribution >= 4 is 17.7 Å². The summed E-state index contributed by atoms with van der Waals surface area (Å²) in [4.78, 5) is 14.1. The van der Waals surface area contributed by atoms with Crippen LogP contribution in [0.25, 0.3) is 0 Å². The molecule has 1 saturated heterocycles. The fourth-order valence-corrected chi connectivity index (χ4v) is 3.92. The quantitative estimate of drug-likeness (QED) is 0.915. The third kappa shape index (κ3) is 3.45. The second-order valence-electron chi connectivity index (χ2n) is 5.42. The normalized spacial score (nSPS) is 17.5. The Morgan fingerprint density at radius 3 is 2.78 bits per heavy atom. The Morgan fingerprint density at radius 1 is 1.26 bits per heavy atom. The van der Waals surface area contributed by atoms with Crippen molar-refractivity contribution in [1.82, 2.24) is 4.90 Å². The molecule has 23 heavy (non-hydrogen) atoms. The van der Waals surface area contributed by atoms with Gasteiger partial charge in [-0.15, -0.1) is 11.8 Å². The number of methoxy groups -OCH3 is 1. The molecule has 1 heterocycles. The minimum absolute atomic E-state index is 0.0271. The second kappa shape index (κ2) is 6.96. The van der Waals surface area contributed by atoms with Crippen LogP contribution in [0.1, 0.15) is 16.5 Å². The van der Waals surface area contributed by atoms with Gasteiger partial charge in [-0.2, -0.15) is 0 Å². The van der Waals surface area contributed by atoms with E-state index in [2.05, 4.69) is 12.1 Å². The van der Waals surface area contributed by atoms with Crippen molar-refractivity contribution in [3.8, 4) is 11.5 Å². The lowest BCUT2D eigenvalue weighted by Gasteiger charge is -2.24. The van der Waals surface area contributed by atoms with E-state index in [4.69, 9.17) is 4.74 Å². The molecule has 0 bridgehead atoms. The number of ether oxygens (including phenoxy) is 1. The summed E-state index contributed by atoms with van der Waals surface area (Å²) in [7, 11) is 1.53. The van der Waals surface area contributed by atoms with Crippen LogP contribution in [0.15, 0.2) is 48.5 Å². The molecule has 4 nitrogen and oxygen atoms in total. The zero-order chi connectivity index (χ0) is 16.2. The number of nitrogens with zero attached hydrogens (tertiary/aromatic N) is 1. The van der Waals surface area contributed by atoms with Gasteiger partial charge in [0.25, 0.3) is 0 Å². The maximum absolute atomic E-state index is 12.2. The summed E-state index contributed by atoms with van der Waals surface area (Å²) in [6, 6.07) is 15.4. The summed E-state index contributed by atoms with van der Waals surface area (Å²) in [6.07, 6.45) is 0.832. The molecule has 1 aliphatic rings. The van der Waals surface area contributed by atoms with Crippen molar-refractivity contribution in [1.29, 1.82) is 0 Å². The smallest absolute Gasteiger partial charge is 0.233 e. The molecule has 0 radical (unpaired) electrons. The van der Waals surface area contributed by atoms with Crippen LogP contribution >= 0.6 is 11.8 Å². The lowest BCUT2D eigenvalue weighted by molar-refractivity contribution is -0.128. The molecular weight excluding hydrogens is 310 g/mol. The van der Waals surface area contributed by atoms with Gasteiger partial charge in [-0.3, -0.25) is 4.79 Å². The summed E-state index contributed by atoms with van der Waals surface area (Å²) < 4.78 is 5.17. The zero-order valence-electron chi connectivity index (χ0n) is 12.9. The Kier molecular flexibility index (Phi) is 4.76. The van der Waals surface area contributed by atoms with Crippen molar-refractivity contribution in [2.45, 2.75) is 11.8 Å². The van der Waals surface area contributed by atoms with Crippen LogP contribution in [-0.2, 0) is 11.2 Å². The lowest BCUT2D eigenvalue weighted by atomic mass is 10.1. The molecule has 1 N–H and O–H groups in total. The summed E-state index contributed by atoms with van der Waals surface area (Å²) in [5.74, 6) is 1.19. The monoisotopic (exact) mass is 329 g/mol. The Balaban J connectivity index is 1.77. The van der Waals surface area contributed by atoms with E-state index in [0.717, 1.165) is 12.0 Å². The van der Waals surface area contributed by atoms with Crippen LogP contribution in [0.5, 0.6) is 11.5 Å². The largest absolute Gasteiger partial charge is 0.504 e. The van der Waals surface area contributed by atoms with Gasteiger partial charge in [-0.05, 0) is 29.7 Å². The highest BCUT2D eigenvalue weighted by atomic mass is 32.2. The van der Waals surface area contributed by atoms with E-state index >= 15 is 0 Å². The van der Waals surface area contributed by atoms with Crippen molar-refractivity contribution in [3.63, 3.8) is 0 Å². The molecule has 1 amide bonds. The molecule has 0 saturated carbocycles.